The standard InChI is InChI=1S/C15H27N3O/c1-6-15(7-2,18(8-3)9-4)14(19)12-13-10-11-17(5)16-13/h10-11H,6-9,12H2,1-5H3. The number of carbonyl (C=O) groups excluding carboxylic acids is 1. The van der Waals surface area contributed by atoms with Crippen molar-refractivity contribution in [1.29, 1.82) is 0 Å². The van der Waals surface area contributed by atoms with Crippen molar-refractivity contribution in [2.75, 3.05) is 13.1 Å². The maximum atomic E-state index is 12.8. The zero-order valence-corrected chi connectivity index (χ0v) is 12.9. The number of ketones is 1. The molecule has 0 amide bonds. The SMILES string of the molecule is CCN(CC)C(CC)(CC)C(=O)Cc1ccn(C)n1. The highest BCUT2D eigenvalue weighted by atomic mass is 16.1. The number of nitrogens with zero attached hydrogens (tertiary/aromatic N) is 3. The van der Waals surface area contributed by atoms with Crippen molar-refractivity contribution in [2.24, 2.45) is 7.05 Å². The van der Waals surface area contributed by atoms with Crippen LogP contribution in [0.1, 0.15) is 46.2 Å². The van der Waals surface area contributed by atoms with Crippen LogP contribution in [0, 0.1) is 0 Å². The van der Waals surface area contributed by atoms with Gasteiger partial charge in [-0.05, 0) is 32.0 Å². The number of hydrogen-bond acceptors (Lipinski definition) is 3. The van der Waals surface area contributed by atoms with E-state index in [4.69, 9.17) is 0 Å². The molecule has 1 aromatic rings. The Hall–Kier alpha value is -1.16. The Balaban J connectivity index is 2.94. The van der Waals surface area contributed by atoms with E-state index in [9.17, 15) is 4.79 Å². The van der Waals surface area contributed by atoms with Crippen LogP contribution in [0.5, 0.6) is 0 Å². The molecule has 0 spiro atoms. The summed E-state index contributed by atoms with van der Waals surface area (Å²) >= 11 is 0. The molecule has 0 radical (unpaired) electrons. The zero-order valence-electron chi connectivity index (χ0n) is 12.9. The summed E-state index contributed by atoms with van der Waals surface area (Å²) < 4.78 is 1.75. The quantitative estimate of drug-likeness (QED) is 0.724. The average molecular weight is 265 g/mol. The van der Waals surface area contributed by atoms with Gasteiger partial charge in [-0.15, -0.1) is 0 Å². The first kappa shape index (κ1) is 15.9. The molecule has 0 aliphatic carbocycles. The van der Waals surface area contributed by atoms with E-state index in [-0.39, 0.29) is 5.54 Å². The van der Waals surface area contributed by atoms with Gasteiger partial charge in [0.2, 0.25) is 0 Å². The molecule has 4 heteroatoms. The van der Waals surface area contributed by atoms with Crippen molar-refractivity contribution in [3.05, 3.63) is 18.0 Å². The maximum Gasteiger partial charge on any atom is 0.159 e. The van der Waals surface area contributed by atoms with Gasteiger partial charge in [0.15, 0.2) is 5.78 Å². The molecule has 108 valence electrons. The normalized spacial score (nSPS) is 12.1. The van der Waals surface area contributed by atoms with Crippen molar-refractivity contribution in [3.8, 4) is 0 Å². The van der Waals surface area contributed by atoms with Gasteiger partial charge >= 0.3 is 0 Å². The molecule has 4 nitrogen and oxygen atoms in total. The van der Waals surface area contributed by atoms with Gasteiger partial charge in [0.25, 0.3) is 0 Å². The Morgan fingerprint density at radius 2 is 1.84 bits per heavy atom. The van der Waals surface area contributed by atoms with E-state index in [0.29, 0.717) is 12.2 Å². The molecule has 0 unspecified atom stereocenters. The highest BCUT2D eigenvalue weighted by molar-refractivity contribution is 5.89. The summed E-state index contributed by atoms with van der Waals surface area (Å²) in [6.45, 7) is 10.3. The third-order valence-corrected chi connectivity index (χ3v) is 4.17. The van der Waals surface area contributed by atoms with Gasteiger partial charge < -0.3 is 0 Å². The second-order valence-electron chi connectivity index (χ2n) is 4.99. The minimum Gasteiger partial charge on any atom is -0.297 e. The second kappa shape index (κ2) is 6.85. The van der Waals surface area contributed by atoms with E-state index in [1.165, 1.54) is 0 Å². The van der Waals surface area contributed by atoms with Crippen molar-refractivity contribution in [2.45, 2.75) is 52.5 Å². The summed E-state index contributed by atoms with van der Waals surface area (Å²) in [5.41, 5.74) is 0.534. The molecule has 0 aromatic carbocycles. The van der Waals surface area contributed by atoms with Crippen LogP contribution in [0.25, 0.3) is 0 Å². The molecule has 0 bridgehead atoms. The van der Waals surface area contributed by atoms with Crippen molar-refractivity contribution in [1.82, 2.24) is 14.7 Å². The topological polar surface area (TPSA) is 38.1 Å². The Labute approximate surface area is 116 Å². The van der Waals surface area contributed by atoms with Gasteiger partial charge in [-0.25, -0.2) is 0 Å². The lowest BCUT2D eigenvalue weighted by Gasteiger charge is -2.41. The van der Waals surface area contributed by atoms with Gasteiger partial charge in [-0.2, -0.15) is 5.10 Å². The van der Waals surface area contributed by atoms with Gasteiger partial charge in [0.05, 0.1) is 17.7 Å². The number of carbonyl (C=O) groups is 1. The molecule has 1 aromatic heterocycles. The summed E-state index contributed by atoms with van der Waals surface area (Å²) in [5, 5.41) is 4.32. The molecule has 0 saturated heterocycles. The van der Waals surface area contributed by atoms with Gasteiger partial charge in [0, 0.05) is 13.2 Å². The van der Waals surface area contributed by atoms with Gasteiger partial charge in [0.1, 0.15) is 0 Å². The number of hydrogen-bond donors (Lipinski definition) is 0. The molecule has 1 rings (SSSR count). The monoisotopic (exact) mass is 265 g/mol. The Morgan fingerprint density at radius 3 is 2.21 bits per heavy atom. The second-order valence-corrected chi connectivity index (χ2v) is 4.99. The molecule has 0 N–H and O–H groups in total. The summed E-state index contributed by atoms with van der Waals surface area (Å²) in [6, 6.07) is 1.93. The van der Waals surface area contributed by atoms with Crippen molar-refractivity contribution in [3.63, 3.8) is 0 Å². The minimum absolute atomic E-state index is 0.292. The first-order chi connectivity index (χ1) is 9.03. The minimum atomic E-state index is -0.332. The lowest BCUT2D eigenvalue weighted by Crippen LogP contribution is -2.54. The van der Waals surface area contributed by atoms with Crippen molar-refractivity contribution < 1.29 is 4.79 Å². The number of Topliss-reactive ketones (excluding diaryl/α,β-unsaturated/α-hetero) is 1. The Morgan fingerprint density at radius 1 is 1.26 bits per heavy atom. The van der Waals surface area contributed by atoms with Gasteiger partial charge in [-0.1, -0.05) is 27.7 Å². The smallest absolute Gasteiger partial charge is 0.159 e. The largest absolute Gasteiger partial charge is 0.297 e. The first-order valence-corrected chi connectivity index (χ1v) is 7.30. The van der Waals surface area contributed by atoms with Crippen molar-refractivity contribution >= 4 is 5.78 Å². The van der Waals surface area contributed by atoms with Crippen LogP contribution in [0.4, 0.5) is 0 Å². The van der Waals surface area contributed by atoms with Crippen LogP contribution < -0.4 is 0 Å². The highest BCUT2D eigenvalue weighted by Crippen LogP contribution is 2.26. The fraction of sp³-hybridized carbons (Fsp3) is 0.733. The number of aromatic nitrogens is 2. The fourth-order valence-corrected chi connectivity index (χ4v) is 2.98. The van der Waals surface area contributed by atoms with Crippen LogP contribution in [-0.4, -0.2) is 39.1 Å². The van der Waals surface area contributed by atoms with E-state index in [2.05, 4.69) is 37.7 Å². The molecular formula is C15H27N3O. The van der Waals surface area contributed by atoms with E-state index >= 15 is 0 Å². The summed E-state index contributed by atoms with van der Waals surface area (Å²) in [7, 11) is 1.88. The van der Waals surface area contributed by atoms with Crippen LogP contribution in [-0.2, 0) is 18.3 Å². The molecule has 0 aliphatic heterocycles. The van der Waals surface area contributed by atoms with E-state index in [1.54, 1.807) is 4.68 Å². The number of rotatable bonds is 8. The summed E-state index contributed by atoms with van der Waals surface area (Å²) in [6.07, 6.45) is 4.03. The molecular weight excluding hydrogens is 238 g/mol. The fourth-order valence-electron chi connectivity index (χ4n) is 2.98. The lowest BCUT2D eigenvalue weighted by atomic mass is 9.83. The van der Waals surface area contributed by atoms with Crippen LogP contribution in [0.3, 0.4) is 0 Å². The first-order valence-electron chi connectivity index (χ1n) is 7.30. The Kier molecular flexibility index (Phi) is 5.73. The van der Waals surface area contributed by atoms with Crippen LogP contribution in [0.2, 0.25) is 0 Å². The lowest BCUT2D eigenvalue weighted by molar-refractivity contribution is -0.131. The summed E-state index contributed by atoms with van der Waals surface area (Å²) in [4.78, 5) is 15.1. The summed E-state index contributed by atoms with van der Waals surface area (Å²) in [5.74, 6) is 0.292. The predicted molar refractivity (Wildman–Crippen MR) is 78.2 cm³/mol. The van der Waals surface area contributed by atoms with Crippen LogP contribution in [0.15, 0.2) is 12.3 Å². The van der Waals surface area contributed by atoms with Crippen LogP contribution >= 0.6 is 0 Å². The number of likely N-dealkylation sites (N-methyl/N-ethyl adjacent to an activating group) is 1. The molecule has 0 saturated carbocycles. The third kappa shape index (κ3) is 3.24. The molecule has 0 fully saturated rings. The number of aryl methyl sites for hydroxylation is 1. The molecule has 19 heavy (non-hydrogen) atoms. The zero-order chi connectivity index (χ0) is 14.5. The maximum absolute atomic E-state index is 12.8. The highest BCUT2D eigenvalue weighted by Gasteiger charge is 2.38. The molecule has 0 aliphatic rings. The average Bonchev–Trinajstić information content (AvgIpc) is 2.81. The third-order valence-electron chi connectivity index (χ3n) is 4.17. The predicted octanol–water partition coefficient (Wildman–Crippen LogP) is 2.43. The molecule has 0 atom stereocenters. The van der Waals surface area contributed by atoms with E-state index in [1.807, 2.05) is 19.3 Å². The Bertz CT molecular complexity index is 403. The molecule has 1 heterocycles. The van der Waals surface area contributed by atoms with Gasteiger partial charge in [-0.3, -0.25) is 14.4 Å². The van der Waals surface area contributed by atoms with E-state index < -0.39 is 0 Å². The van der Waals surface area contributed by atoms with E-state index in [0.717, 1.165) is 31.6 Å².